The number of halogens is 2. The van der Waals surface area contributed by atoms with E-state index in [9.17, 15) is 0 Å². The lowest BCUT2D eigenvalue weighted by Crippen LogP contribution is -2.44. The zero-order chi connectivity index (χ0) is 11.8. The fourth-order valence-electron chi connectivity index (χ4n) is 2.25. The first-order valence-electron chi connectivity index (χ1n) is 6.48. The van der Waals surface area contributed by atoms with Crippen molar-refractivity contribution in [1.82, 2.24) is 9.80 Å². The van der Waals surface area contributed by atoms with Crippen molar-refractivity contribution in [2.24, 2.45) is 5.73 Å². The smallest absolute Gasteiger partial charge is 0.0594 e. The summed E-state index contributed by atoms with van der Waals surface area (Å²) >= 11 is 0. The summed E-state index contributed by atoms with van der Waals surface area (Å²) in [5.41, 5.74) is 5.37. The third kappa shape index (κ3) is 7.77. The van der Waals surface area contributed by atoms with Crippen LogP contribution in [0.25, 0.3) is 0 Å². The lowest BCUT2D eigenvalue weighted by molar-refractivity contribution is 0.0805. The number of hydrogen-bond donors (Lipinski definition) is 1. The van der Waals surface area contributed by atoms with Crippen LogP contribution in [0.3, 0.4) is 0 Å². The van der Waals surface area contributed by atoms with Crippen molar-refractivity contribution in [2.75, 3.05) is 53.0 Å². The van der Waals surface area contributed by atoms with Crippen LogP contribution in [0.2, 0.25) is 0 Å². The molecule has 0 amide bonds. The van der Waals surface area contributed by atoms with Gasteiger partial charge in [0.25, 0.3) is 0 Å². The topological polar surface area (TPSA) is 41.7 Å². The minimum atomic E-state index is 0. The predicted octanol–water partition coefficient (Wildman–Crippen LogP) is 1.22. The van der Waals surface area contributed by atoms with E-state index in [2.05, 4.69) is 23.8 Å². The van der Waals surface area contributed by atoms with Crippen LogP contribution in [0, 0.1) is 0 Å². The molecule has 18 heavy (non-hydrogen) atoms. The summed E-state index contributed by atoms with van der Waals surface area (Å²) in [6.45, 7) is 9.06. The van der Waals surface area contributed by atoms with Crippen molar-refractivity contribution in [1.29, 1.82) is 0 Å². The summed E-state index contributed by atoms with van der Waals surface area (Å²) in [7, 11) is 2.21. The Hall–Kier alpha value is 0.420. The Kier molecular flexibility index (Phi) is 14.3. The number of piperidine rings is 1. The molecule has 4 nitrogen and oxygen atoms in total. The minimum Gasteiger partial charge on any atom is -0.379 e. The van der Waals surface area contributed by atoms with Gasteiger partial charge >= 0.3 is 0 Å². The summed E-state index contributed by atoms with van der Waals surface area (Å²) in [4.78, 5) is 4.96. The fraction of sp³-hybridized carbons (Fsp3) is 1.00. The van der Waals surface area contributed by atoms with E-state index in [-0.39, 0.29) is 24.8 Å². The normalized spacial score (nSPS) is 17.3. The molecule has 1 fully saturated rings. The summed E-state index contributed by atoms with van der Waals surface area (Å²) < 4.78 is 5.41. The van der Waals surface area contributed by atoms with E-state index < -0.39 is 0 Å². The maximum Gasteiger partial charge on any atom is 0.0594 e. The van der Waals surface area contributed by atoms with Crippen LogP contribution >= 0.6 is 24.8 Å². The highest BCUT2D eigenvalue weighted by atomic mass is 35.5. The summed E-state index contributed by atoms with van der Waals surface area (Å²) in [5, 5.41) is 0. The molecule has 0 saturated carbocycles. The van der Waals surface area contributed by atoms with E-state index in [0.29, 0.717) is 13.2 Å². The molecular formula is C12H29Cl2N3O. The molecule has 1 aliphatic rings. The van der Waals surface area contributed by atoms with Gasteiger partial charge in [-0.2, -0.15) is 0 Å². The van der Waals surface area contributed by atoms with Crippen molar-refractivity contribution in [3.8, 4) is 0 Å². The lowest BCUT2D eigenvalue weighted by Gasteiger charge is -2.36. The van der Waals surface area contributed by atoms with Gasteiger partial charge in [0.15, 0.2) is 0 Å². The molecule has 0 bridgehead atoms. The number of nitrogens with two attached hydrogens (primary N) is 1. The maximum absolute atomic E-state index is 5.41. The second-order valence-electron chi connectivity index (χ2n) is 4.55. The van der Waals surface area contributed by atoms with E-state index in [1.807, 2.05) is 0 Å². The van der Waals surface area contributed by atoms with Gasteiger partial charge in [-0.25, -0.2) is 0 Å². The van der Waals surface area contributed by atoms with Crippen LogP contribution in [0.5, 0.6) is 0 Å². The van der Waals surface area contributed by atoms with Crippen molar-refractivity contribution in [3.05, 3.63) is 0 Å². The zero-order valence-electron chi connectivity index (χ0n) is 11.6. The minimum absolute atomic E-state index is 0. The van der Waals surface area contributed by atoms with Crippen LogP contribution in [0.4, 0.5) is 0 Å². The molecule has 0 unspecified atom stereocenters. The largest absolute Gasteiger partial charge is 0.379 e. The van der Waals surface area contributed by atoms with Crippen molar-refractivity contribution < 1.29 is 4.74 Å². The van der Waals surface area contributed by atoms with Crippen LogP contribution in [0.1, 0.15) is 19.8 Å². The monoisotopic (exact) mass is 301 g/mol. The highest BCUT2D eigenvalue weighted by Crippen LogP contribution is 2.14. The van der Waals surface area contributed by atoms with Gasteiger partial charge in [0, 0.05) is 19.1 Å². The van der Waals surface area contributed by atoms with Gasteiger partial charge in [0.1, 0.15) is 0 Å². The Bertz CT molecular complexity index is 179. The molecule has 0 aliphatic carbocycles. The molecule has 1 saturated heterocycles. The molecule has 0 radical (unpaired) electrons. The van der Waals surface area contributed by atoms with E-state index in [0.717, 1.165) is 19.2 Å². The van der Waals surface area contributed by atoms with Gasteiger partial charge in [-0.05, 0) is 39.5 Å². The number of likely N-dealkylation sites (N-methyl/N-ethyl adjacent to an activating group) is 1. The van der Waals surface area contributed by atoms with E-state index in [1.165, 1.54) is 32.5 Å². The maximum atomic E-state index is 5.41. The number of hydrogen-bond acceptors (Lipinski definition) is 4. The van der Waals surface area contributed by atoms with Gasteiger partial charge in [-0.1, -0.05) is 6.92 Å². The van der Waals surface area contributed by atoms with Crippen LogP contribution in [0.15, 0.2) is 0 Å². The molecule has 112 valence electrons. The van der Waals surface area contributed by atoms with Gasteiger partial charge in [0.05, 0.1) is 13.2 Å². The third-order valence-electron chi connectivity index (χ3n) is 3.48. The highest BCUT2D eigenvalue weighted by molar-refractivity contribution is 5.85. The average Bonchev–Trinajstić information content (AvgIpc) is 2.34. The van der Waals surface area contributed by atoms with Gasteiger partial charge in [-0.3, -0.25) is 0 Å². The van der Waals surface area contributed by atoms with Gasteiger partial charge in [0.2, 0.25) is 0 Å². The fourth-order valence-corrected chi connectivity index (χ4v) is 2.25. The molecule has 1 rings (SSSR count). The standard InChI is InChI=1S/C12H27N3O.2ClH/c1-3-15-7-4-12(5-8-15)14(2)9-11-16-10-6-13;;/h12H,3-11,13H2,1-2H3;2*1H. The first-order chi connectivity index (χ1) is 7.77. The first-order valence-corrected chi connectivity index (χ1v) is 6.48. The third-order valence-corrected chi connectivity index (χ3v) is 3.48. The highest BCUT2D eigenvalue weighted by Gasteiger charge is 2.20. The Morgan fingerprint density at radius 3 is 2.33 bits per heavy atom. The van der Waals surface area contributed by atoms with Gasteiger partial charge in [-0.15, -0.1) is 24.8 Å². The molecule has 1 aliphatic heterocycles. The lowest BCUT2D eigenvalue weighted by atomic mass is 10.0. The molecule has 0 aromatic heterocycles. The van der Waals surface area contributed by atoms with Crippen molar-refractivity contribution in [3.63, 3.8) is 0 Å². The second kappa shape index (κ2) is 12.5. The van der Waals surface area contributed by atoms with E-state index >= 15 is 0 Å². The Morgan fingerprint density at radius 1 is 1.22 bits per heavy atom. The van der Waals surface area contributed by atoms with E-state index in [4.69, 9.17) is 10.5 Å². The summed E-state index contributed by atoms with van der Waals surface area (Å²) in [6.07, 6.45) is 2.59. The molecule has 6 heteroatoms. The Balaban J connectivity index is 0. The Morgan fingerprint density at radius 2 is 1.83 bits per heavy atom. The first kappa shape index (κ1) is 20.7. The SMILES string of the molecule is CCN1CCC(N(C)CCOCCN)CC1.Cl.Cl. The quantitative estimate of drug-likeness (QED) is 0.718. The zero-order valence-corrected chi connectivity index (χ0v) is 13.3. The summed E-state index contributed by atoms with van der Waals surface area (Å²) in [5.74, 6) is 0. The molecule has 0 aromatic carbocycles. The van der Waals surface area contributed by atoms with Crippen molar-refractivity contribution in [2.45, 2.75) is 25.8 Å². The predicted molar refractivity (Wildman–Crippen MR) is 82.1 cm³/mol. The number of ether oxygens (including phenoxy) is 1. The van der Waals surface area contributed by atoms with Crippen molar-refractivity contribution >= 4 is 24.8 Å². The molecule has 2 N–H and O–H groups in total. The second-order valence-corrected chi connectivity index (χ2v) is 4.55. The number of nitrogens with zero attached hydrogens (tertiary/aromatic N) is 2. The van der Waals surface area contributed by atoms with Crippen LogP contribution in [-0.2, 0) is 4.74 Å². The molecule has 0 atom stereocenters. The summed E-state index contributed by atoms with van der Waals surface area (Å²) in [6, 6.07) is 0.740. The number of rotatable bonds is 7. The molecule has 0 aromatic rings. The van der Waals surface area contributed by atoms with Crippen LogP contribution < -0.4 is 5.73 Å². The van der Waals surface area contributed by atoms with Crippen LogP contribution in [-0.4, -0.2) is 68.8 Å². The number of likely N-dealkylation sites (tertiary alicyclic amines) is 1. The Labute approximate surface area is 124 Å². The van der Waals surface area contributed by atoms with Gasteiger partial charge < -0.3 is 20.3 Å². The van der Waals surface area contributed by atoms with E-state index in [1.54, 1.807) is 0 Å². The molecule has 1 heterocycles. The average molecular weight is 302 g/mol. The molecular weight excluding hydrogens is 273 g/mol. The molecule has 0 spiro atoms.